The van der Waals surface area contributed by atoms with Gasteiger partial charge < -0.3 is 0 Å². The lowest BCUT2D eigenvalue weighted by Gasteiger charge is -2.06. The van der Waals surface area contributed by atoms with E-state index in [1.54, 1.807) is 6.20 Å². The summed E-state index contributed by atoms with van der Waals surface area (Å²) in [6, 6.07) is 15.8. The average molecular weight is 291 g/mol. The van der Waals surface area contributed by atoms with Crippen LogP contribution in [0.3, 0.4) is 0 Å². The second-order valence-electron chi connectivity index (χ2n) is 5.75. The molecule has 0 bridgehead atoms. The molecule has 3 heteroatoms. The van der Waals surface area contributed by atoms with Crippen LogP contribution in [0.2, 0.25) is 0 Å². The Bertz CT molecular complexity index is 1140. The lowest BCUT2D eigenvalue weighted by molar-refractivity contribution is 0.834. The van der Waals surface area contributed by atoms with Crippen molar-refractivity contribution in [3.8, 4) is 0 Å². The van der Waals surface area contributed by atoms with Crippen molar-refractivity contribution in [2.24, 2.45) is 0 Å². The molecule has 0 saturated carbocycles. The Morgan fingerprint density at radius 2 is 1.35 bits per heavy atom. The summed E-state index contributed by atoms with van der Waals surface area (Å²) in [6.45, 7) is 15.5. The Morgan fingerprint density at radius 3 is 2.04 bits per heavy atom. The minimum Gasteiger partial charge on any atom is -0.256 e. The van der Waals surface area contributed by atoms with Gasteiger partial charge in [0.2, 0.25) is 0 Å². The number of nitrogens with zero attached hydrogens (tertiary/aromatic N) is 3. The van der Waals surface area contributed by atoms with Crippen LogP contribution in [0.25, 0.3) is 42.1 Å². The van der Waals surface area contributed by atoms with Gasteiger partial charge in [0.1, 0.15) is 11.1 Å². The lowest BCUT2D eigenvalue weighted by Crippen LogP contribution is -2.15. The lowest BCUT2D eigenvalue weighted by atomic mass is 9.97. The molecule has 104 valence electrons. The third kappa shape index (κ3) is 1.19. The van der Waals surface area contributed by atoms with Crippen LogP contribution in [-0.4, -0.2) is 4.98 Å². The van der Waals surface area contributed by atoms with Crippen LogP contribution in [0.15, 0.2) is 54.7 Å². The molecule has 1 aliphatic rings. The number of aromatic nitrogens is 1. The minimum atomic E-state index is -1.27. The van der Waals surface area contributed by atoms with E-state index in [1.165, 1.54) is 0 Å². The summed E-state index contributed by atoms with van der Waals surface area (Å²) in [4.78, 5) is 12.1. The zero-order chi connectivity index (χ0) is 15.6. The molecule has 23 heavy (non-hydrogen) atoms. The molecule has 4 aromatic rings. The van der Waals surface area contributed by atoms with Gasteiger partial charge in [-0.15, -0.1) is 0 Å². The van der Waals surface area contributed by atoms with E-state index >= 15 is 0 Å². The molecule has 0 unspecified atom stereocenters. The Morgan fingerprint density at radius 1 is 0.739 bits per heavy atom. The number of benzene rings is 3. The van der Waals surface area contributed by atoms with Crippen LogP contribution in [0.4, 0.5) is 0 Å². The smallest absolute Gasteiger partial charge is 0.256 e. The normalized spacial score (nSPS) is 14.3. The van der Waals surface area contributed by atoms with Crippen molar-refractivity contribution in [1.29, 1.82) is 0 Å². The topological polar surface area (TPSA) is 21.6 Å². The van der Waals surface area contributed by atoms with Crippen LogP contribution >= 0.6 is 0 Å². The third-order valence-electron chi connectivity index (χ3n) is 4.81. The van der Waals surface area contributed by atoms with E-state index in [0.717, 1.165) is 43.6 Å². The number of pyridine rings is 1. The van der Waals surface area contributed by atoms with Crippen molar-refractivity contribution in [3.05, 3.63) is 88.7 Å². The molecule has 0 N–H and O–H groups in total. The molecule has 3 aromatic carbocycles. The third-order valence-corrected chi connectivity index (χ3v) is 4.81. The summed E-state index contributed by atoms with van der Waals surface area (Å²) < 4.78 is 0. The maximum absolute atomic E-state index is 7.73. The first-order valence-electron chi connectivity index (χ1n) is 7.32. The fourth-order valence-electron chi connectivity index (χ4n) is 3.89. The van der Waals surface area contributed by atoms with E-state index in [2.05, 4.69) is 26.8 Å². The van der Waals surface area contributed by atoms with Gasteiger partial charge in [-0.2, -0.15) is 0 Å². The number of hydrogen-bond acceptors (Lipinski definition) is 1. The minimum absolute atomic E-state index is 0.791. The molecule has 0 radical (unpaired) electrons. The maximum Gasteiger partial charge on any atom is 0.539 e. The fraction of sp³-hybridized carbons (Fsp3) is 0.0500. The Kier molecular flexibility index (Phi) is 2.04. The van der Waals surface area contributed by atoms with Crippen molar-refractivity contribution in [2.75, 3.05) is 0 Å². The summed E-state index contributed by atoms with van der Waals surface area (Å²) in [5.41, 5.74) is 1.26. The number of hydrogen-bond donors (Lipinski definition) is 0. The van der Waals surface area contributed by atoms with E-state index in [0.29, 0.717) is 0 Å². The van der Waals surface area contributed by atoms with Crippen molar-refractivity contribution in [2.45, 2.75) is 5.66 Å². The van der Waals surface area contributed by atoms with Crippen LogP contribution in [-0.2, 0) is 5.66 Å². The number of fused-ring (bicyclic) bond motifs is 3. The molecule has 0 amide bonds. The standard InChI is InChI=1S/C20H9N3/c1-21-20(22-2)15-9-3-6-12-13-8-5-11-23-19(13)14-7-4-10-16(20)18(14)17(12)15/h3-11H. The molecule has 0 saturated heterocycles. The molecule has 3 nitrogen and oxygen atoms in total. The van der Waals surface area contributed by atoms with Gasteiger partial charge in [-0.3, -0.25) is 4.98 Å². The van der Waals surface area contributed by atoms with E-state index < -0.39 is 5.66 Å². The molecular formula is C20H9N3. The highest BCUT2D eigenvalue weighted by atomic mass is 15.0. The predicted molar refractivity (Wildman–Crippen MR) is 90.7 cm³/mol. The Labute approximate surface area is 132 Å². The van der Waals surface area contributed by atoms with Gasteiger partial charge in [-0.05, 0) is 23.6 Å². The summed E-state index contributed by atoms with van der Waals surface area (Å²) in [5, 5.41) is 5.20. The van der Waals surface area contributed by atoms with Crippen molar-refractivity contribution < 1.29 is 0 Å². The summed E-state index contributed by atoms with van der Waals surface area (Å²) in [6.07, 6.45) is 1.79. The fourth-order valence-corrected chi connectivity index (χ4v) is 3.89. The van der Waals surface area contributed by atoms with E-state index in [4.69, 9.17) is 13.1 Å². The van der Waals surface area contributed by atoms with Gasteiger partial charge in [0.15, 0.2) is 0 Å². The molecule has 0 atom stereocenters. The molecule has 0 aliphatic heterocycles. The predicted octanol–water partition coefficient (Wildman–Crippen LogP) is 4.89. The van der Waals surface area contributed by atoms with Crippen LogP contribution in [0.1, 0.15) is 11.1 Å². The second-order valence-corrected chi connectivity index (χ2v) is 5.75. The van der Waals surface area contributed by atoms with E-state index in [9.17, 15) is 0 Å². The largest absolute Gasteiger partial charge is 0.539 e. The van der Waals surface area contributed by atoms with E-state index in [-0.39, 0.29) is 0 Å². The van der Waals surface area contributed by atoms with Crippen LogP contribution in [0, 0.1) is 13.1 Å². The Hall–Kier alpha value is -3.43. The van der Waals surface area contributed by atoms with Gasteiger partial charge in [0.05, 0.1) is 5.52 Å². The monoisotopic (exact) mass is 291 g/mol. The van der Waals surface area contributed by atoms with Crippen LogP contribution < -0.4 is 0 Å². The average Bonchev–Trinajstić information content (AvgIpc) is 2.92. The zero-order valence-electron chi connectivity index (χ0n) is 12.0. The first-order valence-corrected chi connectivity index (χ1v) is 7.32. The SMILES string of the molecule is [C-]#[N+]C1([N+]#[C-])c2cccc3c4cccnc4c4cccc1c4c23. The highest BCUT2D eigenvalue weighted by molar-refractivity contribution is 6.28. The van der Waals surface area contributed by atoms with Gasteiger partial charge in [0.25, 0.3) is 0 Å². The first kappa shape index (κ1) is 12.1. The van der Waals surface area contributed by atoms with Gasteiger partial charge in [-0.25, -0.2) is 22.8 Å². The van der Waals surface area contributed by atoms with Gasteiger partial charge >= 0.3 is 5.66 Å². The summed E-state index contributed by atoms with van der Waals surface area (Å²) in [5.74, 6) is 0. The molecule has 1 aliphatic carbocycles. The van der Waals surface area contributed by atoms with Crippen molar-refractivity contribution in [3.63, 3.8) is 0 Å². The highest BCUT2D eigenvalue weighted by Crippen LogP contribution is 2.52. The molecule has 1 aromatic heterocycles. The summed E-state index contributed by atoms with van der Waals surface area (Å²) in [7, 11) is 0. The zero-order valence-corrected chi connectivity index (χ0v) is 12.0. The van der Waals surface area contributed by atoms with Crippen molar-refractivity contribution >= 4 is 32.4 Å². The van der Waals surface area contributed by atoms with Gasteiger partial charge in [-0.1, -0.05) is 30.3 Å². The molecule has 1 heterocycles. The summed E-state index contributed by atoms with van der Waals surface area (Å²) >= 11 is 0. The quantitative estimate of drug-likeness (QED) is 0.334. The second kappa shape index (κ2) is 3.85. The van der Waals surface area contributed by atoms with Gasteiger partial charge in [0, 0.05) is 27.7 Å². The van der Waals surface area contributed by atoms with Crippen molar-refractivity contribution in [1.82, 2.24) is 4.98 Å². The Balaban J connectivity index is 2.24. The highest BCUT2D eigenvalue weighted by Gasteiger charge is 2.55. The van der Waals surface area contributed by atoms with Crippen LogP contribution in [0.5, 0.6) is 0 Å². The molecule has 0 spiro atoms. The number of rotatable bonds is 0. The molecule has 5 rings (SSSR count). The maximum atomic E-state index is 7.73. The molecule has 0 fully saturated rings. The first-order chi connectivity index (χ1) is 11.3. The molecular weight excluding hydrogens is 282 g/mol. The van der Waals surface area contributed by atoms with E-state index in [1.807, 2.05) is 36.4 Å².